The lowest BCUT2D eigenvalue weighted by Gasteiger charge is -2.38. The largest absolute Gasteiger partial charge is 0.272 e. The van der Waals surface area contributed by atoms with Gasteiger partial charge in [-0.15, -0.1) is 0 Å². The maximum absolute atomic E-state index is 13.4. The highest BCUT2D eigenvalue weighted by molar-refractivity contribution is 4.78. The quantitative estimate of drug-likeness (QED) is 0.611. The summed E-state index contributed by atoms with van der Waals surface area (Å²) in [5.74, 6) is 0.383. The van der Waals surface area contributed by atoms with Gasteiger partial charge >= 0.3 is 0 Å². The van der Waals surface area contributed by atoms with Gasteiger partial charge < -0.3 is 0 Å². The molecule has 0 bridgehead atoms. The Morgan fingerprint density at radius 2 is 1.85 bits per heavy atom. The smallest absolute Gasteiger partial charge is 0.198 e. The fraction of sp³-hybridized carbons (Fsp3) is 1.00. The minimum atomic E-state index is -1.47. The normalized spacial score (nSPS) is 32.8. The van der Waals surface area contributed by atoms with E-state index in [1.807, 2.05) is 13.8 Å². The molecule has 0 aromatic rings. The van der Waals surface area contributed by atoms with Gasteiger partial charge in [0.15, 0.2) is 12.6 Å². The van der Waals surface area contributed by atoms with Gasteiger partial charge in [-0.1, -0.05) is 13.8 Å². The lowest BCUT2D eigenvalue weighted by atomic mass is 10.2. The van der Waals surface area contributed by atoms with E-state index in [1.54, 1.807) is 11.9 Å². The molecule has 4 heteroatoms. The first-order valence-electron chi connectivity index (χ1n) is 4.75. The van der Waals surface area contributed by atoms with E-state index in [9.17, 15) is 8.78 Å². The number of likely N-dealkylation sites (N-methyl/N-ethyl adjacent to an activating group) is 1. The molecule has 1 fully saturated rings. The van der Waals surface area contributed by atoms with Crippen molar-refractivity contribution in [2.45, 2.75) is 26.4 Å². The molecule has 1 aliphatic heterocycles. The fourth-order valence-corrected chi connectivity index (χ4v) is 1.58. The Morgan fingerprint density at radius 1 is 1.23 bits per heavy atom. The lowest BCUT2D eigenvalue weighted by Crippen LogP contribution is -2.55. The standard InChI is InChI=1S/C9H18F2N2/c1-7(2)6-13-5-4-12(3)8(10)9(13)11/h7-9H,4-6H2,1-3H3. The molecule has 1 heterocycles. The maximum atomic E-state index is 13.4. The summed E-state index contributed by atoms with van der Waals surface area (Å²) in [6.07, 6.45) is -2.92. The Hall–Kier alpha value is -0.220. The van der Waals surface area contributed by atoms with E-state index in [2.05, 4.69) is 0 Å². The number of hydrogen-bond donors (Lipinski definition) is 0. The van der Waals surface area contributed by atoms with Crippen molar-refractivity contribution in [1.82, 2.24) is 9.80 Å². The second-order valence-electron chi connectivity index (χ2n) is 4.11. The Morgan fingerprint density at radius 3 is 2.38 bits per heavy atom. The Bertz CT molecular complexity index is 164. The van der Waals surface area contributed by atoms with Gasteiger partial charge in [-0.05, 0) is 13.0 Å². The summed E-state index contributed by atoms with van der Waals surface area (Å²) in [4.78, 5) is 3.00. The van der Waals surface area contributed by atoms with E-state index in [-0.39, 0.29) is 0 Å². The number of alkyl halides is 2. The van der Waals surface area contributed by atoms with E-state index in [1.165, 1.54) is 4.90 Å². The number of hydrogen-bond acceptors (Lipinski definition) is 2. The van der Waals surface area contributed by atoms with Gasteiger partial charge in [0, 0.05) is 19.6 Å². The van der Waals surface area contributed by atoms with E-state index in [4.69, 9.17) is 0 Å². The summed E-state index contributed by atoms with van der Waals surface area (Å²) in [5, 5.41) is 0. The highest BCUT2D eigenvalue weighted by Gasteiger charge is 2.34. The lowest BCUT2D eigenvalue weighted by molar-refractivity contribution is -0.0967. The molecule has 2 nitrogen and oxygen atoms in total. The minimum absolute atomic E-state index is 0.383. The van der Waals surface area contributed by atoms with Crippen LogP contribution in [0.2, 0.25) is 0 Å². The first kappa shape index (κ1) is 10.9. The molecule has 13 heavy (non-hydrogen) atoms. The first-order valence-corrected chi connectivity index (χ1v) is 4.75. The Balaban J connectivity index is 2.48. The molecular weight excluding hydrogens is 174 g/mol. The van der Waals surface area contributed by atoms with E-state index in [0.717, 1.165) is 0 Å². The molecule has 0 aliphatic carbocycles. The topological polar surface area (TPSA) is 6.48 Å². The van der Waals surface area contributed by atoms with Gasteiger partial charge in [-0.3, -0.25) is 9.80 Å². The monoisotopic (exact) mass is 192 g/mol. The van der Waals surface area contributed by atoms with Gasteiger partial charge in [-0.25, -0.2) is 8.78 Å². The molecule has 2 atom stereocenters. The molecule has 1 saturated heterocycles. The van der Waals surface area contributed by atoms with Crippen molar-refractivity contribution in [2.24, 2.45) is 5.92 Å². The third-order valence-corrected chi connectivity index (χ3v) is 2.34. The van der Waals surface area contributed by atoms with Crippen LogP contribution in [0, 0.1) is 5.92 Å². The molecule has 78 valence electrons. The number of rotatable bonds is 2. The van der Waals surface area contributed by atoms with Crippen LogP contribution in [-0.4, -0.2) is 49.1 Å². The molecule has 0 radical (unpaired) electrons. The number of piperazine rings is 1. The van der Waals surface area contributed by atoms with Crippen LogP contribution in [-0.2, 0) is 0 Å². The molecular formula is C9H18F2N2. The summed E-state index contributed by atoms with van der Waals surface area (Å²) < 4.78 is 26.5. The van der Waals surface area contributed by atoms with Crippen LogP contribution in [0.25, 0.3) is 0 Å². The molecule has 0 aromatic carbocycles. The fourth-order valence-electron chi connectivity index (χ4n) is 1.58. The predicted molar refractivity (Wildman–Crippen MR) is 48.8 cm³/mol. The molecule has 2 unspecified atom stereocenters. The van der Waals surface area contributed by atoms with Crippen molar-refractivity contribution in [3.63, 3.8) is 0 Å². The molecule has 1 rings (SSSR count). The molecule has 0 spiro atoms. The third-order valence-electron chi connectivity index (χ3n) is 2.34. The summed E-state index contributed by atoms with van der Waals surface area (Å²) in [7, 11) is 1.62. The van der Waals surface area contributed by atoms with Gasteiger partial charge in [-0.2, -0.15) is 0 Å². The zero-order valence-electron chi connectivity index (χ0n) is 8.50. The van der Waals surface area contributed by atoms with Crippen LogP contribution in [0.1, 0.15) is 13.8 Å². The van der Waals surface area contributed by atoms with E-state index >= 15 is 0 Å². The van der Waals surface area contributed by atoms with Crippen molar-refractivity contribution in [1.29, 1.82) is 0 Å². The van der Waals surface area contributed by atoms with Gasteiger partial charge in [0.05, 0.1) is 0 Å². The predicted octanol–water partition coefficient (Wildman–Crippen LogP) is 1.48. The maximum Gasteiger partial charge on any atom is 0.198 e. The van der Waals surface area contributed by atoms with Crippen LogP contribution < -0.4 is 0 Å². The summed E-state index contributed by atoms with van der Waals surface area (Å²) >= 11 is 0. The van der Waals surface area contributed by atoms with Gasteiger partial charge in [0.25, 0.3) is 0 Å². The first-order chi connectivity index (χ1) is 6.02. The number of nitrogens with zero attached hydrogens (tertiary/aromatic N) is 2. The zero-order valence-corrected chi connectivity index (χ0v) is 8.50. The SMILES string of the molecule is CC(C)CN1CCN(C)C(F)C1F. The van der Waals surface area contributed by atoms with Crippen LogP contribution in [0.4, 0.5) is 8.78 Å². The molecule has 0 amide bonds. The van der Waals surface area contributed by atoms with E-state index in [0.29, 0.717) is 25.6 Å². The van der Waals surface area contributed by atoms with Gasteiger partial charge in [0.1, 0.15) is 0 Å². The Labute approximate surface area is 78.5 Å². The second-order valence-corrected chi connectivity index (χ2v) is 4.11. The second kappa shape index (κ2) is 4.33. The van der Waals surface area contributed by atoms with Crippen LogP contribution in [0.15, 0.2) is 0 Å². The highest BCUT2D eigenvalue weighted by Crippen LogP contribution is 2.19. The summed E-state index contributed by atoms with van der Waals surface area (Å²) in [6, 6.07) is 0. The van der Waals surface area contributed by atoms with Crippen LogP contribution >= 0.6 is 0 Å². The number of halogens is 2. The van der Waals surface area contributed by atoms with Crippen molar-refractivity contribution >= 4 is 0 Å². The minimum Gasteiger partial charge on any atom is -0.272 e. The molecule has 1 aliphatic rings. The molecule has 0 N–H and O–H groups in total. The average Bonchev–Trinajstić information content (AvgIpc) is 2.06. The van der Waals surface area contributed by atoms with Gasteiger partial charge in [0.2, 0.25) is 0 Å². The van der Waals surface area contributed by atoms with Crippen molar-refractivity contribution in [3.8, 4) is 0 Å². The molecule has 0 aromatic heterocycles. The van der Waals surface area contributed by atoms with Crippen molar-refractivity contribution < 1.29 is 8.78 Å². The third kappa shape index (κ3) is 2.61. The summed E-state index contributed by atoms with van der Waals surface area (Å²) in [5.41, 5.74) is 0. The zero-order chi connectivity index (χ0) is 10.0. The van der Waals surface area contributed by atoms with Crippen molar-refractivity contribution in [3.05, 3.63) is 0 Å². The Kier molecular flexibility index (Phi) is 3.62. The van der Waals surface area contributed by atoms with Crippen LogP contribution in [0.5, 0.6) is 0 Å². The van der Waals surface area contributed by atoms with Crippen molar-refractivity contribution in [2.75, 3.05) is 26.7 Å². The summed E-state index contributed by atoms with van der Waals surface area (Å²) in [6.45, 7) is 5.89. The average molecular weight is 192 g/mol. The van der Waals surface area contributed by atoms with Crippen LogP contribution in [0.3, 0.4) is 0 Å². The van der Waals surface area contributed by atoms with E-state index < -0.39 is 12.6 Å². The molecule has 0 saturated carbocycles. The highest BCUT2D eigenvalue weighted by atomic mass is 19.2.